The number of hydrogen-bond acceptors (Lipinski definition) is 5. The molecule has 0 unspecified atom stereocenters. The highest BCUT2D eigenvalue weighted by Crippen LogP contribution is 2.26. The fourth-order valence-electron chi connectivity index (χ4n) is 2.93. The van der Waals surface area contributed by atoms with E-state index in [0.717, 1.165) is 6.42 Å². The van der Waals surface area contributed by atoms with Gasteiger partial charge in [-0.05, 0) is 35.6 Å². The molecule has 4 heterocycles. The van der Waals surface area contributed by atoms with Crippen molar-refractivity contribution in [1.82, 2.24) is 9.80 Å². The standard InChI is InChI=1S/C15H15N3O3S2/c19-15(18-5-3-13-11(9-18)4-7-22-13)12-1-2-14-16-23(20,21)8-6-17(14)10-12/h1-2,4,7,10H,3,5-6,8-9H2. The van der Waals surface area contributed by atoms with Crippen LogP contribution in [-0.4, -0.2) is 48.8 Å². The van der Waals surface area contributed by atoms with E-state index in [1.54, 1.807) is 34.6 Å². The molecule has 6 nitrogen and oxygen atoms in total. The van der Waals surface area contributed by atoms with Crippen LogP contribution in [0.5, 0.6) is 0 Å². The minimum Gasteiger partial charge on any atom is -0.334 e. The summed E-state index contributed by atoms with van der Waals surface area (Å²) in [7, 11) is -3.37. The third-order valence-corrected chi connectivity index (χ3v) is 6.35. The lowest BCUT2D eigenvalue weighted by atomic mass is 10.1. The fourth-order valence-corrected chi connectivity index (χ4v) is 4.79. The smallest absolute Gasteiger partial charge is 0.256 e. The zero-order valence-electron chi connectivity index (χ0n) is 12.3. The first-order valence-electron chi connectivity index (χ1n) is 7.35. The Balaban J connectivity index is 1.55. The van der Waals surface area contributed by atoms with Gasteiger partial charge in [0.1, 0.15) is 5.84 Å². The maximum atomic E-state index is 12.7. The normalized spacial score (nSPS) is 22.1. The maximum absolute atomic E-state index is 12.7. The van der Waals surface area contributed by atoms with Crippen molar-refractivity contribution in [2.45, 2.75) is 13.0 Å². The average molecular weight is 349 g/mol. The molecule has 0 bridgehead atoms. The van der Waals surface area contributed by atoms with Gasteiger partial charge in [-0.2, -0.15) is 0 Å². The van der Waals surface area contributed by atoms with Crippen molar-refractivity contribution < 1.29 is 13.2 Å². The van der Waals surface area contributed by atoms with Crippen molar-refractivity contribution >= 4 is 33.1 Å². The number of carbonyl (C=O) groups is 1. The Labute approximate surface area is 138 Å². The topological polar surface area (TPSA) is 70.0 Å². The Hall–Kier alpha value is -1.93. The van der Waals surface area contributed by atoms with Gasteiger partial charge in [0.05, 0.1) is 11.3 Å². The molecule has 0 aromatic carbocycles. The van der Waals surface area contributed by atoms with E-state index in [1.807, 2.05) is 4.90 Å². The molecular formula is C15H15N3O3S2. The SMILES string of the molecule is O=C(C1=CN2CCS(=O)(=O)N=C2C=C1)N1CCc2sccc2C1. The van der Waals surface area contributed by atoms with E-state index in [1.165, 1.54) is 10.4 Å². The highest BCUT2D eigenvalue weighted by molar-refractivity contribution is 7.90. The number of amides is 1. The predicted octanol–water partition coefficient (Wildman–Crippen LogP) is 1.13. The first-order valence-corrected chi connectivity index (χ1v) is 9.84. The largest absolute Gasteiger partial charge is 0.334 e. The Kier molecular flexibility index (Phi) is 3.38. The Morgan fingerprint density at radius 1 is 1.26 bits per heavy atom. The molecule has 0 spiro atoms. The van der Waals surface area contributed by atoms with Crippen LogP contribution in [0.3, 0.4) is 0 Å². The van der Waals surface area contributed by atoms with Crippen molar-refractivity contribution in [2.75, 3.05) is 18.8 Å². The summed E-state index contributed by atoms with van der Waals surface area (Å²) < 4.78 is 26.8. The van der Waals surface area contributed by atoms with Crippen molar-refractivity contribution in [3.63, 3.8) is 0 Å². The molecule has 0 radical (unpaired) electrons. The first-order chi connectivity index (χ1) is 11.0. The molecule has 1 aromatic heterocycles. The highest BCUT2D eigenvalue weighted by atomic mass is 32.2. The summed E-state index contributed by atoms with van der Waals surface area (Å²) in [5.74, 6) is 0.335. The van der Waals surface area contributed by atoms with E-state index in [-0.39, 0.29) is 11.7 Å². The van der Waals surface area contributed by atoms with Crippen LogP contribution in [-0.2, 0) is 27.8 Å². The molecule has 0 fully saturated rings. The summed E-state index contributed by atoms with van der Waals surface area (Å²) in [6.45, 7) is 1.68. The van der Waals surface area contributed by atoms with Crippen LogP contribution in [0.2, 0.25) is 0 Å². The minimum absolute atomic E-state index is 0.0226. The number of fused-ring (bicyclic) bond motifs is 2. The second-order valence-electron chi connectivity index (χ2n) is 5.69. The minimum atomic E-state index is -3.37. The van der Waals surface area contributed by atoms with Gasteiger partial charge in [0.25, 0.3) is 15.9 Å². The van der Waals surface area contributed by atoms with Crippen molar-refractivity contribution in [2.24, 2.45) is 4.40 Å². The van der Waals surface area contributed by atoms with Gasteiger partial charge in [0, 0.05) is 30.7 Å². The first kappa shape index (κ1) is 14.6. The summed E-state index contributed by atoms with van der Waals surface area (Å²) >= 11 is 1.74. The van der Waals surface area contributed by atoms with Crippen LogP contribution in [0.15, 0.2) is 39.8 Å². The molecule has 8 heteroatoms. The molecule has 120 valence electrons. The third kappa shape index (κ3) is 2.72. The van der Waals surface area contributed by atoms with Crippen molar-refractivity contribution in [3.8, 4) is 0 Å². The van der Waals surface area contributed by atoms with E-state index in [0.29, 0.717) is 31.0 Å². The maximum Gasteiger partial charge on any atom is 0.256 e. The van der Waals surface area contributed by atoms with E-state index in [9.17, 15) is 13.2 Å². The number of carbonyl (C=O) groups excluding carboxylic acids is 1. The monoisotopic (exact) mass is 349 g/mol. The molecule has 23 heavy (non-hydrogen) atoms. The molecule has 0 N–H and O–H groups in total. The fraction of sp³-hybridized carbons (Fsp3) is 0.333. The third-order valence-electron chi connectivity index (χ3n) is 4.17. The van der Waals surface area contributed by atoms with E-state index in [2.05, 4.69) is 15.8 Å². The van der Waals surface area contributed by atoms with Crippen LogP contribution >= 0.6 is 11.3 Å². The van der Waals surface area contributed by atoms with Crippen LogP contribution in [0.1, 0.15) is 10.4 Å². The van der Waals surface area contributed by atoms with Gasteiger partial charge in [-0.25, -0.2) is 8.42 Å². The van der Waals surface area contributed by atoms with Gasteiger partial charge in [0.15, 0.2) is 0 Å². The summed E-state index contributed by atoms with van der Waals surface area (Å²) in [5.41, 5.74) is 1.79. The van der Waals surface area contributed by atoms with Crippen molar-refractivity contribution in [1.29, 1.82) is 0 Å². The highest BCUT2D eigenvalue weighted by Gasteiger charge is 2.28. The molecule has 4 rings (SSSR count). The molecule has 3 aliphatic heterocycles. The molecule has 0 saturated carbocycles. The van der Waals surface area contributed by atoms with Gasteiger partial charge in [-0.15, -0.1) is 15.7 Å². The van der Waals surface area contributed by atoms with Crippen LogP contribution in [0.25, 0.3) is 0 Å². The zero-order valence-corrected chi connectivity index (χ0v) is 13.9. The molecule has 1 aromatic rings. The zero-order chi connectivity index (χ0) is 16.0. The molecule has 0 aliphatic carbocycles. The number of rotatable bonds is 1. The molecule has 3 aliphatic rings. The molecule has 0 atom stereocenters. The number of thiophene rings is 1. The second-order valence-corrected chi connectivity index (χ2v) is 8.45. The number of sulfonamides is 1. The molecule has 0 saturated heterocycles. The van der Waals surface area contributed by atoms with E-state index >= 15 is 0 Å². The Bertz CT molecular complexity index is 864. The lowest BCUT2D eigenvalue weighted by Gasteiger charge is -2.30. The van der Waals surface area contributed by atoms with E-state index in [4.69, 9.17) is 0 Å². The summed E-state index contributed by atoms with van der Waals surface area (Å²) in [6.07, 6.45) is 5.86. The summed E-state index contributed by atoms with van der Waals surface area (Å²) in [5, 5.41) is 2.06. The van der Waals surface area contributed by atoms with Crippen molar-refractivity contribution in [3.05, 3.63) is 45.8 Å². The van der Waals surface area contributed by atoms with Crippen LogP contribution in [0.4, 0.5) is 0 Å². The second kappa shape index (κ2) is 5.31. The van der Waals surface area contributed by atoms with Gasteiger partial charge in [-0.3, -0.25) is 4.79 Å². The summed E-state index contributed by atoms with van der Waals surface area (Å²) in [6, 6.07) is 2.07. The number of nitrogens with zero attached hydrogens (tertiary/aromatic N) is 3. The average Bonchev–Trinajstić information content (AvgIpc) is 3.00. The Morgan fingerprint density at radius 3 is 3.00 bits per heavy atom. The van der Waals surface area contributed by atoms with Gasteiger partial charge in [0.2, 0.25) is 0 Å². The predicted molar refractivity (Wildman–Crippen MR) is 88.6 cm³/mol. The lowest BCUT2D eigenvalue weighted by molar-refractivity contribution is -0.127. The summed E-state index contributed by atoms with van der Waals surface area (Å²) in [4.78, 5) is 17.6. The molecule has 1 amide bonds. The van der Waals surface area contributed by atoms with E-state index < -0.39 is 10.0 Å². The van der Waals surface area contributed by atoms with Gasteiger partial charge >= 0.3 is 0 Å². The van der Waals surface area contributed by atoms with Gasteiger partial charge in [-0.1, -0.05) is 0 Å². The lowest BCUT2D eigenvalue weighted by Crippen LogP contribution is -2.40. The van der Waals surface area contributed by atoms with Crippen LogP contribution in [0, 0.1) is 0 Å². The number of hydrogen-bond donors (Lipinski definition) is 0. The number of amidine groups is 1. The van der Waals surface area contributed by atoms with Gasteiger partial charge < -0.3 is 9.80 Å². The quantitative estimate of drug-likeness (QED) is 0.762. The molecular weight excluding hydrogens is 334 g/mol. The Morgan fingerprint density at radius 2 is 2.13 bits per heavy atom. The van der Waals surface area contributed by atoms with Crippen LogP contribution < -0.4 is 0 Å².